The molecule has 1 heterocycles. The second-order valence-corrected chi connectivity index (χ2v) is 7.29. The molecule has 0 unspecified atom stereocenters. The van der Waals surface area contributed by atoms with E-state index in [4.69, 9.17) is 0 Å². The maximum atomic E-state index is 11.6. The molecule has 0 atom stereocenters. The Labute approximate surface area is 170 Å². The number of benzene rings is 2. The molecule has 3 aromatic rings. The summed E-state index contributed by atoms with van der Waals surface area (Å²) in [5.74, 6) is 0.560. The second kappa shape index (κ2) is 7.87. The van der Waals surface area contributed by atoms with E-state index >= 15 is 0 Å². The lowest BCUT2D eigenvalue weighted by molar-refractivity contribution is -0.385. The van der Waals surface area contributed by atoms with Crippen LogP contribution in [0, 0.1) is 27.5 Å². The molecule has 0 spiro atoms. The molecule has 1 aromatic heterocycles. The fourth-order valence-corrected chi connectivity index (χ4v) is 3.36. The molecular formula is C19H18IN5O2. The maximum Gasteiger partial charge on any atom is 0.333 e. The second-order valence-electron chi connectivity index (χ2n) is 6.04. The number of nitro groups is 1. The maximum absolute atomic E-state index is 11.6. The molecule has 0 radical (unpaired) electrons. The number of aromatic nitrogens is 2. The molecule has 0 fully saturated rings. The van der Waals surface area contributed by atoms with Crippen molar-refractivity contribution in [3.8, 4) is 0 Å². The highest BCUT2D eigenvalue weighted by Gasteiger charge is 2.25. The Balaban J connectivity index is 2.07. The first-order valence-corrected chi connectivity index (χ1v) is 9.29. The van der Waals surface area contributed by atoms with E-state index in [-0.39, 0.29) is 11.5 Å². The van der Waals surface area contributed by atoms with Crippen molar-refractivity contribution in [1.29, 1.82) is 0 Å². The Bertz CT molecular complexity index is 995. The first-order valence-electron chi connectivity index (χ1n) is 8.22. The fraction of sp³-hybridized carbons (Fsp3) is 0.158. The number of aryl methyl sites for hydroxylation is 2. The van der Waals surface area contributed by atoms with E-state index in [1.807, 2.05) is 55.5 Å². The van der Waals surface area contributed by atoms with Gasteiger partial charge in [0.2, 0.25) is 11.8 Å². The van der Waals surface area contributed by atoms with Gasteiger partial charge in [-0.1, -0.05) is 18.2 Å². The molecule has 1 N–H and O–H groups in total. The van der Waals surface area contributed by atoms with E-state index in [0.717, 1.165) is 20.5 Å². The zero-order chi connectivity index (χ0) is 19.6. The third-order valence-electron chi connectivity index (χ3n) is 4.12. The summed E-state index contributed by atoms with van der Waals surface area (Å²) in [7, 11) is 1.75. The number of nitrogens with one attached hydrogen (secondary N) is 1. The van der Waals surface area contributed by atoms with Gasteiger partial charge in [-0.15, -0.1) is 0 Å². The summed E-state index contributed by atoms with van der Waals surface area (Å²) < 4.78 is 1.13. The van der Waals surface area contributed by atoms with E-state index in [2.05, 4.69) is 37.9 Å². The molecule has 0 aliphatic rings. The van der Waals surface area contributed by atoms with Crippen molar-refractivity contribution in [3.63, 3.8) is 0 Å². The van der Waals surface area contributed by atoms with E-state index < -0.39 is 4.92 Å². The summed E-state index contributed by atoms with van der Waals surface area (Å²) in [5, 5.41) is 14.8. The molecule has 0 saturated carbocycles. The standard InChI is InChI=1S/C19H18IN5O2/c1-12-11-14(20)9-10-16(12)22-19-21-13(2)17(25(26)27)18(23-19)24(3)15-7-5-4-6-8-15/h4-11H,1-3H3,(H,21,22,23). The summed E-state index contributed by atoms with van der Waals surface area (Å²) in [4.78, 5) is 21.6. The van der Waals surface area contributed by atoms with E-state index in [1.54, 1.807) is 18.9 Å². The third-order valence-corrected chi connectivity index (χ3v) is 4.79. The number of nitrogens with zero attached hydrogens (tertiary/aromatic N) is 4. The predicted molar refractivity (Wildman–Crippen MR) is 115 cm³/mol. The number of hydrogen-bond acceptors (Lipinski definition) is 6. The van der Waals surface area contributed by atoms with Gasteiger partial charge in [-0.25, -0.2) is 4.98 Å². The highest BCUT2D eigenvalue weighted by Crippen LogP contribution is 2.34. The average molecular weight is 475 g/mol. The molecule has 0 bridgehead atoms. The van der Waals surface area contributed by atoms with Crippen LogP contribution in [0.25, 0.3) is 0 Å². The Morgan fingerprint density at radius 1 is 1.11 bits per heavy atom. The van der Waals surface area contributed by atoms with Gasteiger partial charge in [-0.2, -0.15) is 4.98 Å². The summed E-state index contributed by atoms with van der Waals surface area (Å²) >= 11 is 2.25. The Morgan fingerprint density at radius 3 is 2.44 bits per heavy atom. The minimum atomic E-state index is -0.440. The lowest BCUT2D eigenvalue weighted by atomic mass is 10.2. The van der Waals surface area contributed by atoms with Crippen molar-refractivity contribution >= 4 is 51.4 Å². The van der Waals surface area contributed by atoms with Gasteiger partial charge in [0.1, 0.15) is 5.69 Å². The van der Waals surface area contributed by atoms with Crippen molar-refractivity contribution in [2.75, 3.05) is 17.3 Å². The van der Waals surface area contributed by atoms with Gasteiger partial charge >= 0.3 is 5.69 Å². The molecule has 3 rings (SSSR count). The van der Waals surface area contributed by atoms with Crippen molar-refractivity contribution in [1.82, 2.24) is 9.97 Å². The van der Waals surface area contributed by atoms with Crippen LogP contribution in [0.5, 0.6) is 0 Å². The van der Waals surface area contributed by atoms with Crippen LogP contribution < -0.4 is 10.2 Å². The zero-order valence-electron chi connectivity index (χ0n) is 15.1. The van der Waals surface area contributed by atoms with Crippen LogP contribution in [0.2, 0.25) is 0 Å². The normalized spacial score (nSPS) is 10.5. The van der Waals surface area contributed by atoms with Crippen molar-refractivity contribution in [2.24, 2.45) is 0 Å². The van der Waals surface area contributed by atoms with Gasteiger partial charge in [-0.3, -0.25) is 10.1 Å². The minimum Gasteiger partial charge on any atom is -0.324 e. The Morgan fingerprint density at radius 2 is 1.81 bits per heavy atom. The Hall–Kier alpha value is -2.75. The van der Waals surface area contributed by atoms with Crippen molar-refractivity contribution < 1.29 is 4.92 Å². The molecule has 0 saturated heterocycles. The molecule has 8 heteroatoms. The molecule has 138 valence electrons. The first kappa shape index (κ1) is 19.0. The van der Waals surface area contributed by atoms with E-state index in [9.17, 15) is 10.1 Å². The number of rotatable bonds is 5. The van der Waals surface area contributed by atoms with Gasteiger partial charge in [0.05, 0.1) is 4.92 Å². The predicted octanol–water partition coefficient (Wildman–Crippen LogP) is 5.12. The fourth-order valence-electron chi connectivity index (χ4n) is 2.72. The van der Waals surface area contributed by atoms with E-state index in [1.165, 1.54) is 0 Å². The highest BCUT2D eigenvalue weighted by atomic mass is 127. The summed E-state index contributed by atoms with van der Waals surface area (Å²) in [6.45, 7) is 3.61. The number of hydrogen-bond donors (Lipinski definition) is 1. The average Bonchev–Trinajstić information content (AvgIpc) is 2.63. The van der Waals surface area contributed by atoms with Crippen LogP contribution in [-0.2, 0) is 0 Å². The van der Waals surface area contributed by atoms with Gasteiger partial charge in [0, 0.05) is 22.0 Å². The van der Waals surface area contributed by atoms with E-state index in [0.29, 0.717) is 11.6 Å². The topological polar surface area (TPSA) is 84.2 Å². The van der Waals surface area contributed by atoms with Gasteiger partial charge in [0.15, 0.2) is 0 Å². The summed E-state index contributed by atoms with van der Waals surface area (Å²) in [5.41, 5.74) is 2.90. The van der Waals surface area contributed by atoms with Gasteiger partial charge < -0.3 is 10.2 Å². The smallest absolute Gasteiger partial charge is 0.324 e. The van der Waals surface area contributed by atoms with Crippen LogP contribution >= 0.6 is 22.6 Å². The number of halogens is 1. The number of para-hydroxylation sites is 1. The van der Waals surface area contributed by atoms with Crippen LogP contribution in [-0.4, -0.2) is 21.9 Å². The van der Waals surface area contributed by atoms with Crippen molar-refractivity contribution in [2.45, 2.75) is 13.8 Å². The largest absolute Gasteiger partial charge is 0.333 e. The van der Waals surface area contributed by atoms with Gasteiger partial charge in [-0.05, 0) is 72.3 Å². The quantitative estimate of drug-likeness (QED) is 0.314. The molecule has 0 aliphatic carbocycles. The Kier molecular flexibility index (Phi) is 5.54. The van der Waals surface area contributed by atoms with Crippen LogP contribution in [0.1, 0.15) is 11.3 Å². The summed E-state index contributed by atoms with van der Waals surface area (Å²) in [6, 6.07) is 15.3. The van der Waals surface area contributed by atoms with Crippen LogP contribution in [0.4, 0.5) is 28.8 Å². The molecule has 2 aromatic carbocycles. The monoisotopic (exact) mass is 475 g/mol. The van der Waals surface area contributed by atoms with Crippen LogP contribution in [0.3, 0.4) is 0 Å². The summed E-state index contributed by atoms with van der Waals surface area (Å²) in [6.07, 6.45) is 0. The minimum absolute atomic E-state index is 0.105. The molecule has 27 heavy (non-hydrogen) atoms. The molecular weight excluding hydrogens is 457 g/mol. The third kappa shape index (κ3) is 4.16. The molecule has 0 aliphatic heterocycles. The van der Waals surface area contributed by atoms with Gasteiger partial charge in [0.25, 0.3) is 0 Å². The molecule has 0 amide bonds. The van der Waals surface area contributed by atoms with Crippen LogP contribution in [0.15, 0.2) is 48.5 Å². The zero-order valence-corrected chi connectivity index (χ0v) is 17.3. The SMILES string of the molecule is Cc1cc(I)ccc1Nc1nc(C)c([N+](=O)[O-])c(N(C)c2ccccc2)n1. The van der Waals surface area contributed by atoms with Crippen molar-refractivity contribution in [3.05, 3.63) is 73.5 Å². The lowest BCUT2D eigenvalue weighted by Gasteiger charge is -2.19. The first-order chi connectivity index (χ1) is 12.9. The molecule has 7 nitrogen and oxygen atoms in total. The number of anilines is 4. The lowest BCUT2D eigenvalue weighted by Crippen LogP contribution is -2.16. The highest BCUT2D eigenvalue weighted by molar-refractivity contribution is 14.1.